The van der Waals surface area contributed by atoms with Gasteiger partial charge in [0.05, 0.1) is 5.97 Å². The normalized spacial score (nSPS) is 22.0. The van der Waals surface area contributed by atoms with Crippen molar-refractivity contribution >= 4 is 5.97 Å². The molecule has 3 nitrogen and oxygen atoms in total. The molecule has 1 saturated heterocycles. The van der Waals surface area contributed by atoms with Crippen LogP contribution in [-0.2, 0) is 4.79 Å². The Hall–Kier alpha value is -0.970. The summed E-state index contributed by atoms with van der Waals surface area (Å²) < 4.78 is 25.5. The van der Waals surface area contributed by atoms with Crippen LogP contribution in [0.4, 0.5) is 8.78 Å². The molecule has 0 amide bonds. The molecule has 0 aromatic carbocycles. The summed E-state index contributed by atoms with van der Waals surface area (Å²) in [6.45, 7) is 1.39. The fourth-order valence-corrected chi connectivity index (χ4v) is 1.54. The van der Waals surface area contributed by atoms with E-state index in [1.807, 2.05) is 4.90 Å². The summed E-state index contributed by atoms with van der Waals surface area (Å²) in [4.78, 5) is 11.9. The molecule has 1 fully saturated rings. The Kier molecular flexibility index (Phi) is 4.20. The third-order valence-electron chi connectivity index (χ3n) is 2.45. The van der Waals surface area contributed by atoms with Crippen LogP contribution >= 0.6 is 0 Å². The second kappa shape index (κ2) is 5.21. The molecule has 0 aliphatic carbocycles. The van der Waals surface area contributed by atoms with Gasteiger partial charge in [-0.15, -0.1) is 0 Å². The van der Waals surface area contributed by atoms with Crippen LogP contribution < -0.4 is 5.11 Å². The van der Waals surface area contributed by atoms with E-state index in [2.05, 4.69) is 0 Å². The molecule has 0 N–H and O–H groups in total. The highest BCUT2D eigenvalue weighted by Crippen LogP contribution is 2.27. The maximum absolute atomic E-state index is 12.7. The molecule has 1 heterocycles. The lowest BCUT2D eigenvalue weighted by Crippen LogP contribution is -2.39. The molecule has 86 valence electrons. The first-order valence-electron chi connectivity index (χ1n) is 4.97. The van der Waals surface area contributed by atoms with Crippen LogP contribution in [0.1, 0.15) is 19.3 Å². The molecule has 0 unspecified atom stereocenters. The SMILES string of the molecule is O=C([O-])C=CCCN1CCC(F)(F)CC1. The highest BCUT2D eigenvalue weighted by atomic mass is 19.3. The maximum Gasteiger partial charge on any atom is 0.250 e. The zero-order chi connectivity index (χ0) is 11.3. The van der Waals surface area contributed by atoms with Crippen LogP contribution in [0.2, 0.25) is 0 Å². The molecule has 0 aromatic heterocycles. The van der Waals surface area contributed by atoms with Gasteiger partial charge in [0.2, 0.25) is 0 Å². The Balaban J connectivity index is 2.16. The van der Waals surface area contributed by atoms with E-state index in [1.165, 1.54) is 6.08 Å². The first-order chi connectivity index (χ1) is 6.99. The van der Waals surface area contributed by atoms with E-state index in [9.17, 15) is 18.7 Å². The highest BCUT2D eigenvalue weighted by molar-refractivity contribution is 5.77. The number of nitrogens with zero attached hydrogens (tertiary/aromatic N) is 1. The van der Waals surface area contributed by atoms with Crippen LogP contribution in [0.15, 0.2) is 12.2 Å². The summed E-state index contributed by atoms with van der Waals surface area (Å²) in [7, 11) is 0. The summed E-state index contributed by atoms with van der Waals surface area (Å²) in [5.41, 5.74) is 0. The second-order valence-corrected chi connectivity index (χ2v) is 3.71. The Bertz CT molecular complexity index is 244. The molecule has 0 atom stereocenters. The number of carboxylic acids is 1. The quantitative estimate of drug-likeness (QED) is 0.642. The van der Waals surface area contributed by atoms with Gasteiger partial charge in [0, 0.05) is 32.5 Å². The zero-order valence-corrected chi connectivity index (χ0v) is 8.42. The van der Waals surface area contributed by atoms with E-state index in [0.29, 0.717) is 26.1 Å². The van der Waals surface area contributed by atoms with Crippen LogP contribution in [0.5, 0.6) is 0 Å². The lowest BCUT2D eigenvalue weighted by Gasteiger charge is -2.31. The minimum Gasteiger partial charge on any atom is -0.545 e. The molecule has 1 rings (SSSR count). The van der Waals surface area contributed by atoms with Crippen molar-refractivity contribution in [2.75, 3.05) is 19.6 Å². The van der Waals surface area contributed by atoms with Crippen molar-refractivity contribution in [2.45, 2.75) is 25.2 Å². The summed E-state index contributed by atoms with van der Waals surface area (Å²) in [6.07, 6.45) is 2.81. The van der Waals surface area contributed by atoms with Gasteiger partial charge in [0.15, 0.2) is 0 Å². The van der Waals surface area contributed by atoms with Gasteiger partial charge in [-0.1, -0.05) is 6.08 Å². The number of aliphatic carboxylic acids is 1. The van der Waals surface area contributed by atoms with E-state index in [-0.39, 0.29) is 12.8 Å². The Morgan fingerprint density at radius 3 is 2.53 bits per heavy atom. The van der Waals surface area contributed by atoms with E-state index < -0.39 is 11.9 Å². The third kappa shape index (κ3) is 4.88. The molecular weight excluding hydrogens is 204 g/mol. The Morgan fingerprint density at radius 1 is 1.40 bits per heavy atom. The number of rotatable bonds is 4. The lowest BCUT2D eigenvalue weighted by molar-refractivity contribution is -0.297. The van der Waals surface area contributed by atoms with Gasteiger partial charge in [-0.3, -0.25) is 0 Å². The maximum atomic E-state index is 12.7. The fraction of sp³-hybridized carbons (Fsp3) is 0.700. The van der Waals surface area contributed by atoms with E-state index in [4.69, 9.17) is 0 Å². The average molecular weight is 218 g/mol. The second-order valence-electron chi connectivity index (χ2n) is 3.71. The van der Waals surface area contributed by atoms with Gasteiger partial charge >= 0.3 is 0 Å². The molecule has 0 aromatic rings. The van der Waals surface area contributed by atoms with Gasteiger partial charge in [-0.2, -0.15) is 0 Å². The standard InChI is InChI=1S/C10H15F2NO2/c11-10(12)4-7-13(8-5-10)6-2-1-3-9(14)15/h1,3H,2,4-8H2,(H,14,15)/p-1. The highest BCUT2D eigenvalue weighted by Gasteiger charge is 2.33. The van der Waals surface area contributed by atoms with E-state index in [0.717, 1.165) is 6.08 Å². The molecule has 1 aliphatic rings. The summed E-state index contributed by atoms with van der Waals surface area (Å²) in [6, 6.07) is 0. The van der Waals surface area contributed by atoms with Crippen molar-refractivity contribution in [2.24, 2.45) is 0 Å². The van der Waals surface area contributed by atoms with Crippen LogP contribution in [0, 0.1) is 0 Å². The summed E-state index contributed by atoms with van der Waals surface area (Å²) in [5, 5.41) is 10.0. The number of carbonyl (C=O) groups excluding carboxylic acids is 1. The first kappa shape index (κ1) is 12.1. The number of hydrogen-bond donors (Lipinski definition) is 0. The first-order valence-corrected chi connectivity index (χ1v) is 4.97. The molecule has 0 saturated carbocycles. The Morgan fingerprint density at radius 2 is 2.00 bits per heavy atom. The van der Waals surface area contributed by atoms with E-state index in [1.54, 1.807) is 0 Å². The van der Waals surface area contributed by atoms with Gasteiger partial charge < -0.3 is 14.8 Å². The van der Waals surface area contributed by atoms with Crippen molar-refractivity contribution in [1.29, 1.82) is 0 Å². The molecular formula is C10H14F2NO2-. The number of halogens is 2. The zero-order valence-electron chi connectivity index (χ0n) is 8.42. The van der Waals surface area contributed by atoms with Crippen LogP contribution in [0.3, 0.4) is 0 Å². The minimum absolute atomic E-state index is 0.1000. The molecule has 0 radical (unpaired) electrons. The van der Waals surface area contributed by atoms with Crippen molar-refractivity contribution in [3.05, 3.63) is 12.2 Å². The van der Waals surface area contributed by atoms with Crippen molar-refractivity contribution in [1.82, 2.24) is 4.90 Å². The van der Waals surface area contributed by atoms with Gasteiger partial charge in [0.1, 0.15) is 0 Å². The predicted molar refractivity (Wildman–Crippen MR) is 49.4 cm³/mol. The number of likely N-dealkylation sites (tertiary alicyclic amines) is 1. The number of hydrogen-bond acceptors (Lipinski definition) is 3. The predicted octanol–water partition coefficient (Wildman–Crippen LogP) is 0.414. The third-order valence-corrected chi connectivity index (χ3v) is 2.45. The van der Waals surface area contributed by atoms with Gasteiger partial charge in [-0.25, -0.2) is 8.78 Å². The van der Waals surface area contributed by atoms with Crippen molar-refractivity contribution in [3.8, 4) is 0 Å². The number of carbonyl (C=O) groups is 1. The van der Waals surface area contributed by atoms with Crippen molar-refractivity contribution < 1.29 is 18.7 Å². The average Bonchev–Trinajstić information content (AvgIpc) is 2.14. The van der Waals surface area contributed by atoms with Crippen LogP contribution in [0.25, 0.3) is 0 Å². The largest absolute Gasteiger partial charge is 0.545 e. The summed E-state index contributed by atoms with van der Waals surface area (Å²) in [5.74, 6) is -3.74. The van der Waals surface area contributed by atoms with E-state index >= 15 is 0 Å². The molecule has 1 aliphatic heterocycles. The molecule has 15 heavy (non-hydrogen) atoms. The Labute approximate surface area is 87.4 Å². The topological polar surface area (TPSA) is 43.4 Å². The summed E-state index contributed by atoms with van der Waals surface area (Å²) >= 11 is 0. The molecule has 0 spiro atoms. The molecule has 0 bridgehead atoms. The fourth-order valence-electron chi connectivity index (χ4n) is 1.54. The smallest absolute Gasteiger partial charge is 0.250 e. The van der Waals surface area contributed by atoms with Crippen molar-refractivity contribution in [3.63, 3.8) is 0 Å². The molecule has 5 heteroatoms. The number of alkyl halides is 2. The minimum atomic E-state index is -2.52. The number of carboxylic acid groups (broad SMARTS) is 1. The number of piperidine rings is 1. The monoisotopic (exact) mass is 218 g/mol. The van der Waals surface area contributed by atoms with Gasteiger partial charge in [-0.05, 0) is 12.5 Å². The lowest BCUT2D eigenvalue weighted by atomic mass is 10.1. The van der Waals surface area contributed by atoms with Gasteiger partial charge in [0.25, 0.3) is 5.92 Å². The van der Waals surface area contributed by atoms with Crippen LogP contribution in [-0.4, -0.2) is 36.4 Å².